The molecule has 0 spiro atoms. The standard InChI is InChI=1S/C20H29ClN4O2/c1-15-4-2-3-5-18(15)23-19(26)14-24-10-12-25(13-11-24)20(27)22-17-8-6-16(21)7-9-17/h6-9,15,18H,2-5,10-14H2,1H3,(H,22,27)(H,23,26)/t15-,18+/m0/s1. The van der Waals surface area contributed by atoms with E-state index < -0.39 is 0 Å². The Hall–Kier alpha value is -1.79. The van der Waals surface area contributed by atoms with Gasteiger partial charge in [0, 0.05) is 42.9 Å². The molecule has 2 aliphatic rings. The van der Waals surface area contributed by atoms with Crippen LogP contribution in [0.3, 0.4) is 0 Å². The molecule has 1 aromatic rings. The highest BCUT2D eigenvalue weighted by atomic mass is 35.5. The second kappa shape index (κ2) is 9.42. The Bertz CT molecular complexity index is 644. The fourth-order valence-corrected chi connectivity index (χ4v) is 3.96. The third kappa shape index (κ3) is 5.84. The molecule has 1 aliphatic heterocycles. The number of anilines is 1. The molecule has 3 amide bonds. The van der Waals surface area contributed by atoms with Gasteiger partial charge in [0.05, 0.1) is 6.54 Å². The number of nitrogens with zero attached hydrogens (tertiary/aromatic N) is 2. The molecule has 3 rings (SSSR count). The highest BCUT2D eigenvalue weighted by molar-refractivity contribution is 6.30. The average molecular weight is 393 g/mol. The van der Waals surface area contributed by atoms with Crippen LogP contribution in [0.5, 0.6) is 0 Å². The predicted molar refractivity (Wildman–Crippen MR) is 108 cm³/mol. The van der Waals surface area contributed by atoms with Crippen molar-refractivity contribution in [2.45, 2.75) is 38.6 Å². The predicted octanol–water partition coefficient (Wildman–Crippen LogP) is 3.18. The molecule has 1 aliphatic carbocycles. The summed E-state index contributed by atoms with van der Waals surface area (Å²) in [5.74, 6) is 0.670. The number of piperazine rings is 1. The molecular weight excluding hydrogens is 364 g/mol. The van der Waals surface area contributed by atoms with Gasteiger partial charge in [-0.15, -0.1) is 0 Å². The van der Waals surface area contributed by atoms with E-state index in [2.05, 4.69) is 22.5 Å². The molecule has 6 nitrogen and oxygen atoms in total. The third-order valence-corrected chi connectivity index (χ3v) is 5.83. The highest BCUT2D eigenvalue weighted by Crippen LogP contribution is 2.23. The first kappa shape index (κ1) is 20.0. The Morgan fingerprint density at radius 1 is 1.07 bits per heavy atom. The Kier molecular flexibility index (Phi) is 6.96. The SMILES string of the molecule is C[C@H]1CCCC[C@H]1NC(=O)CN1CCN(C(=O)Nc2ccc(Cl)cc2)CC1. The third-order valence-electron chi connectivity index (χ3n) is 5.58. The summed E-state index contributed by atoms with van der Waals surface area (Å²) in [7, 11) is 0. The summed E-state index contributed by atoms with van der Waals surface area (Å²) in [4.78, 5) is 28.6. The van der Waals surface area contributed by atoms with E-state index in [9.17, 15) is 9.59 Å². The van der Waals surface area contributed by atoms with Gasteiger partial charge >= 0.3 is 6.03 Å². The number of hydrogen-bond donors (Lipinski definition) is 2. The number of rotatable bonds is 4. The van der Waals surface area contributed by atoms with Gasteiger partial charge in [0.25, 0.3) is 0 Å². The minimum absolute atomic E-state index is 0.104. The van der Waals surface area contributed by atoms with Gasteiger partial charge in [0.2, 0.25) is 5.91 Å². The van der Waals surface area contributed by atoms with Gasteiger partial charge in [0.1, 0.15) is 0 Å². The number of hydrogen-bond acceptors (Lipinski definition) is 3. The summed E-state index contributed by atoms with van der Waals surface area (Å²) in [5, 5.41) is 6.73. The van der Waals surface area contributed by atoms with Crippen molar-refractivity contribution in [1.82, 2.24) is 15.1 Å². The monoisotopic (exact) mass is 392 g/mol. The summed E-state index contributed by atoms with van der Waals surface area (Å²) < 4.78 is 0. The maximum absolute atomic E-state index is 12.4. The topological polar surface area (TPSA) is 64.7 Å². The van der Waals surface area contributed by atoms with E-state index >= 15 is 0 Å². The van der Waals surface area contributed by atoms with Crippen molar-refractivity contribution in [3.8, 4) is 0 Å². The largest absolute Gasteiger partial charge is 0.352 e. The molecule has 0 radical (unpaired) electrons. The maximum atomic E-state index is 12.4. The molecule has 2 atom stereocenters. The van der Waals surface area contributed by atoms with Gasteiger partial charge in [0.15, 0.2) is 0 Å². The zero-order valence-corrected chi connectivity index (χ0v) is 16.7. The molecular formula is C20H29ClN4O2. The molecule has 1 heterocycles. The molecule has 7 heteroatoms. The van der Waals surface area contributed by atoms with Crippen molar-refractivity contribution in [2.75, 3.05) is 38.0 Å². The number of carbonyl (C=O) groups excluding carboxylic acids is 2. The van der Waals surface area contributed by atoms with E-state index in [4.69, 9.17) is 11.6 Å². The first-order valence-corrected chi connectivity index (χ1v) is 10.2. The van der Waals surface area contributed by atoms with E-state index in [0.29, 0.717) is 49.7 Å². The number of amides is 3. The first-order chi connectivity index (χ1) is 13.0. The van der Waals surface area contributed by atoms with Crippen LogP contribution in [0.4, 0.5) is 10.5 Å². The molecule has 1 saturated carbocycles. The minimum atomic E-state index is -0.113. The van der Waals surface area contributed by atoms with Crippen LogP contribution in [-0.2, 0) is 4.79 Å². The first-order valence-electron chi connectivity index (χ1n) is 9.84. The second-order valence-corrected chi connectivity index (χ2v) is 8.07. The fourth-order valence-electron chi connectivity index (χ4n) is 3.83. The highest BCUT2D eigenvalue weighted by Gasteiger charge is 2.25. The van der Waals surface area contributed by atoms with Crippen LogP contribution in [0.15, 0.2) is 24.3 Å². The number of carbonyl (C=O) groups is 2. The Morgan fingerprint density at radius 3 is 2.41 bits per heavy atom. The Labute approximate surface area is 166 Å². The fraction of sp³-hybridized carbons (Fsp3) is 0.600. The van der Waals surface area contributed by atoms with Gasteiger partial charge in [-0.25, -0.2) is 4.79 Å². The molecule has 1 saturated heterocycles. The minimum Gasteiger partial charge on any atom is -0.352 e. The summed E-state index contributed by atoms with van der Waals surface area (Å²) >= 11 is 5.86. The van der Waals surface area contributed by atoms with Crippen molar-refractivity contribution >= 4 is 29.2 Å². The van der Waals surface area contributed by atoms with Crippen LogP contribution in [-0.4, -0.2) is 60.5 Å². The molecule has 1 aromatic carbocycles. The molecule has 2 N–H and O–H groups in total. The number of benzene rings is 1. The zero-order chi connectivity index (χ0) is 19.2. The van der Waals surface area contributed by atoms with Crippen molar-refractivity contribution in [3.63, 3.8) is 0 Å². The summed E-state index contributed by atoms with van der Waals surface area (Å²) in [6, 6.07) is 7.28. The Morgan fingerprint density at radius 2 is 1.74 bits per heavy atom. The van der Waals surface area contributed by atoms with E-state index in [1.165, 1.54) is 19.3 Å². The second-order valence-electron chi connectivity index (χ2n) is 7.64. The summed E-state index contributed by atoms with van der Waals surface area (Å²) in [6.07, 6.45) is 4.77. The van der Waals surface area contributed by atoms with E-state index in [1.807, 2.05) is 0 Å². The number of nitrogens with one attached hydrogen (secondary N) is 2. The Balaban J connectivity index is 1.39. The van der Waals surface area contributed by atoms with Gasteiger partial charge < -0.3 is 15.5 Å². The van der Waals surface area contributed by atoms with E-state index in [0.717, 1.165) is 12.1 Å². The van der Waals surface area contributed by atoms with Crippen LogP contribution in [0.25, 0.3) is 0 Å². The van der Waals surface area contributed by atoms with Gasteiger partial charge in [-0.1, -0.05) is 31.4 Å². The lowest BCUT2D eigenvalue weighted by molar-refractivity contribution is -0.123. The summed E-state index contributed by atoms with van der Waals surface area (Å²) in [6.45, 7) is 5.29. The molecule has 2 fully saturated rings. The van der Waals surface area contributed by atoms with Gasteiger partial charge in [-0.2, -0.15) is 0 Å². The summed E-state index contributed by atoms with van der Waals surface area (Å²) in [5.41, 5.74) is 0.729. The van der Waals surface area contributed by atoms with Crippen molar-refractivity contribution in [1.29, 1.82) is 0 Å². The molecule has 0 aromatic heterocycles. The zero-order valence-electron chi connectivity index (χ0n) is 15.9. The number of urea groups is 1. The lowest BCUT2D eigenvalue weighted by atomic mass is 9.86. The van der Waals surface area contributed by atoms with Crippen molar-refractivity contribution in [3.05, 3.63) is 29.3 Å². The normalized spacial score (nSPS) is 23.7. The maximum Gasteiger partial charge on any atom is 0.321 e. The average Bonchev–Trinajstić information content (AvgIpc) is 2.66. The molecule has 0 unspecified atom stereocenters. The molecule has 0 bridgehead atoms. The van der Waals surface area contributed by atoms with E-state index in [-0.39, 0.29) is 11.9 Å². The van der Waals surface area contributed by atoms with E-state index in [1.54, 1.807) is 29.2 Å². The van der Waals surface area contributed by atoms with Crippen LogP contribution in [0.2, 0.25) is 5.02 Å². The lowest BCUT2D eigenvalue weighted by Gasteiger charge is -2.35. The van der Waals surface area contributed by atoms with Crippen molar-refractivity contribution in [2.24, 2.45) is 5.92 Å². The van der Waals surface area contributed by atoms with Crippen molar-refractivity contribution < 1.29 is 9.59 Å². The van der Waals surface area contributed by atoms with Gasteiger partial charge in [-0.05, 0) is 43.0 Å². The van der Waals surface area contributed by atoms with Crippen LogP contribution >= 0.6 is 11.6 Å². The molecule has 27 heavy (non-hydrogen) atoms. The van der Waals surface area contributed by atoms with Crippen LogP contribution in [0.1, 0.15) is 32.6 Å². The number of halogens is 1. The molecule has 148 valence electrons. The smallest absolute Gasteiger partial charge is 0.321 e. The van der Waals surface area contributed by atoms with Crippen LogP contribution < -0.4 is 10.6 Å². The quantitative estimate of drug-likeness (QED) is 0.827. The lowest BCUT2D eigenvalue weighted by Crippen LogP contribution is -2.53. The van der Waals surface area contributed by atoms with Crippen LogP contribution in [0, 0.1) is 5.92 Å². The van der Waals surface area contributed by atoms with Gasteiger partial charge in [-0.3, -0.25) is 9.69 Å².